The first-order chi connectivity index (χ1) is 8.15. The molecular weight excluding hydrogens is 245 g/mol. The van der Waals surface area contributed by atoms with E-state index in [0.29, 0.717) is 4.90 Å². The number of hydrogen-bond acceptors (Lipinski definition) is 1. The van der Waals surface area contributed by atoms with E-state index < -0.39 is 11.6 Å². The Bertz CT molecular complexity index is 526. The van der Waals surface area contributed by atoms with E-state index in [1.54, 1.807) is 12.1 Å². The second-order valence-corrected chi connectivity index (χ2v) is 4.53. The van der Waals surface area contributed by atoms with Gasteiger partial charge in [0.1, 0.15) is 17.5 Å². The van der Waals surface area contributed by atoms with E-state index >= 15 is 0 Å². The summed E-state index contributed by atoms with van der Waals surface area (Å²) in [7, 11) is 0. The van der Waals surface area contributed by atoms with Gasteiger partial charge in [-0.05, 0) is 36.4 Å². The SMILES string of the molecule is Fc1cccc(SCc2cc(F)ccc2F)c1. The van der Waals surface area contributed by atoms with Crippen LogP contribution < -0.4 is 0 Å². The van der Waals surface area contributed by atoms with Crippen LogP contribution in [0.25, 0.3) is 0 Å². The van der Waals surface area contributed by atoms with E-state index in [-0.39, 0.29) is 17.1 Å². The molecule has 0 fully saturated rings. The van der Waals surface area contributed by atoms with Gasteiger partial charge in [-0.2, -0.15) is 0 Å². The molecule has 0 aliphatic carbocycles. The van der Waals surface area contributed by atoms with Crippen LogP contribution in [0.1, 0.15) is 5.56 Å². The molecule has 4 heteroatoms. The molecule has 0 spiro atoms. The Hall–Kier alpha value is -1.42. The summed E-state index contributed by atoms with van der Waals surface area (Å²) in [5.74, 6) is -0.987. The fourth-order valence-electron chi connectivity index (χ4n) is 1.37. The van der Waals surface area contributed by atoms with Gasteiger partial charge >= 0.3 is 0 Å². The van der Waals surface area contributed by atoms with Crippen LogP contribution in [0.15, 0.2) is 47.4 Å². The van der Waals surface area contributed by atoms with Crippen molar-refractivity contribution in [3.8, 4) is 0 Å². The van der Waals surface area contributed by atoms with Crippen molar-refractivity contribution in [3.05, 3.63) is 65.5 Å². The van der Waals surface area contributed by atoms with Crippen LogP contribution in [0.2, 0.25) is 0 Å². The lowest BCUT2D eigenvalue weighted by molar-refractivity contribution is 0.591. The Morgan fingerprint density at radius 1 is 0.882 bits per heavy atom. The Morgan fingerprint density at radius 2 is 1.65 bits per heavy atom. The molecule has 0 unspecified atom stereocenters. The smallest absolute Gasteiger partial charge is 0.127 e. The highest BCUT2D eigenvalue weighted by molar-refractivity contribution is 7.98. The topological polar surface area (TPSA) is 0 Å². The average molecular weight is 254 g/mol. The maximum atomic E-state index is 13.3. The summed E-state index contributed by atoms with van der Waals surface area (Å²) in [6, 6.07) is 9.34. The summed E-state index contributed by atoms with van der Waals surface area (Å²) >= 11 is 1.26. The van der Waals surface area contributed by atoms with Crippen LogP contribution in [-0.2, 0) is 5.75 Å². The normalized spacial score (nSPS) is 10.5. The zero-order chi connectivity index (χ0) is 12.3. The molecule has 0 heterocycles. The highest BCUT2D eigenvalue weighted by atomic mass is 32.2. The monoisotopic (exact) mass is 254 g/mol. The molecule has 0 N–H and O–H groups in total. The maximum absolute atomic E-state index is 13.3. The fraction of sp³-hybridized carbons (Fsp3) is 0.0769. The second kappa shape index (κ2) is 5.27. The van der Waals surface area contributed by atoms with Gasteiger partial charge in [-0.15, -0.1) is 11.8 Å². The van der Waals surface area contributed by atoms with Crippen LogP contribution in [0, 0.1) is 17.5 Å². The highest BCUT2D eigenvalue weighted by Gasteiger charge is 2.05. The summed E-state index contributed by atoms with van der Waals surface area (Å²) in [5.41, 5.74) is 0.277. The summed E-state index contributed by atoms with van der Waals surface area (Å²) < 4.78 is 39.1. The zero-order valence-electron chi connectivity index (χ0n) is 8.79. The molecule has 0 bridgehead atoms. The molecule has 2 rings (SSSR count). The molecule has 88 valence electrons. The number of thioether (sulfide) groups is 1. The van der Waals surface area contributed by atoms with Crippen LogP contribution >= 0.6 is 11.8 Å². The molecule has 0 aliphatic heterocycles. The average Bonchev–Trinajstić information content (AvgIpc) is 2.30. The Balaban J connectivity index is 2.09. The van der Waals surface area contributed by atoms with Gasteiger partial charge in [-0.1, -0.05) is 6.07 Å². The molecule has 0 nitrogen and oxygen atoms in total. The van der Waals surface area contributed by atoms with Gasteiger partial charge in [-0.3, -0.25) is 0 Å². The van der Waals surface area contributed by atoms with Gasteiger partial charge in [0.05, 0.1) is 0 Å². The molecule has 0 amide bonds. The van der Waals surface area contributed by atoms with Crippen LogP contribution in [-0.4, -0.2) is 0 Å². The molecule has 0 saturated carbocycles. The van der Waals surface area contributed by atoms with Crippen molar-refractivity contribution in [3.63, 3.8) is 0 Å². The third-order valence-corrected chi connectivity index (χ3v) is 3.24. The van der Waals surface area contributed by atoms with Gasteiger partial charge < -0.3 is 0 Å². The van der Waals surface area contributed by atoms with Crippen LogP contribution in [0.4, 0.5) is 13.2 Å². The Morgan fingerprint density at radius 3 is 2.41 bits per heavy atom. The predicted octanol–water partition coefficient (Wildman–Crippen LogP) is 4.40. The van der Waals surface area contributed by atoms with Gasteiger partial charge in [-0.25, -0.2) is 13.2 Å². The van der Waals surface area contributed by atoms with Crippen molar-refractivity contribution in [2.75, 3.05) is 0 Å². The van der Waals surface area contributed by atoms with Crippen molar-refractivity contribution in [2.24, 2.45) is 0 Å². The molecule has 2 aromatic carbocycles. The standard InChI is InChI=1S/C13H9F3S/c14-10-2-1-3-12(7-10)17-8-9-6-11(15)4-5-13(9)16/h1-7H,8H2. The van der Waals surface area contributed by atoms with Crippen molar-refractivity contribution in [2.45, 2.75) is 10.6 Å². The number of hydrogen-bond donors (Lipinski definition) is 0. The molecular formula is C13H9F3S. The molecule has 0 radical (unpaired) electrons. The lowest BCUT2D eigenvalue weighted by Gasteiger charge is -2.03. The van der Waals surface area contributed by atoms with E-state index in [0.717, 1.165) is 18.2 Å². The lowest BCUT2D eigenvalue weighted by Crippen LogP contribution is -1.89. The number of rotatable bonds is 3. The first-order valence-corrected chi connectivity index (χ1v) is 5.96. The highest BCUT2D eigenvalue weighted by Crippen LogP contribution is 2.24. The van der Waals surface area contributed by atoms with Crippen molar-refractivity contribution < 1.29 is 13.2 Å². The van der Waals surface area contributed by atoms with Crippen molar-refractivity contribution >= 4 is 11.8 Å². The van der Waals surface area contributed by atoms with E-state index in [9.17, 15) is 13.2 Å². The molecule has 2 aromatic rings. The van der Waals surface area contributed by atoms with E-state index in [2.05, 4.69) is 0 Å². The summed E-state index contributed by atoms with van der Waals surface area (Å²) in [6.45, 7) is 0. The summed E-state index contributed by atoms with van der Waals surface area (Å²) in [6.07, 6.45) is 0. The molecule has 0 saturated heterocycles. The van der Waals surface area contributed by atoms with Gasteiger partial charge in [0.15, 0.2) is 0 Å². The molecule has 17 heavy (non-hydrogen) atoms. The quantitative estimate of drug-likeness (QED) is 0.732. The Labute approximate surface area is 101 Å². The van der Waals surface area contributed by atoms with Crippen molar-refractivity contribution in [1.82, 2.24) is 0 Å². The summed E-state index contributed by atoms with van der Waals surface area (Å²) in [4.78, 5) is 0.689. The number of benzene rings is 2. The number of halogens is 3. The first kappa shape index (κ1) is 12.0. The van der Waals surface area contributed by atoms with E-state index in [1.807, 2.05) is 0 Å². The van der Waals surface area contributed by atoms with Gasteiger partial charge in [0, 0.05) is 16.2 Å². The Kier molecular flexibility index (Phi) is 3.74. The van der Waals surface area contributed by atoms with Gasteiger partial charge in [0.2, 0.25) is 0 Å². The van der Waals surface area contributed by atoms with E-state index in [4.69, 9.17) is 0 Å². The molecule has 0 aliphatic rings. The third kappa shape index (κ3) is 3.27. The third-order valence-electron chi connectivity index (χ3n) is 2.20. The lowest BCUT2D eigenvalue weighted by atomic mass is 10.2. The minimum atomic E-state index is -0.471. The molecule has 0 aromatic heterocycles. The van der Waals surface area contributed by atoms with Crippen molar-refractivity contribution in [1.29, 1.82) is 0 Å². The van der Waals surface area contributed by atoms with Crippen LogP contribution in [0.3, 0.4) is 0 Å². The second-order valence-electron chi connectivity index (χ2n) is 3.48. The minimum absolute atomic E-state index is 0.271. The van der Waals surface area contributed by atoms with Crippen LogP contribution in [0.5, 0.6) is 0 Å². The fourth-order valence-corrected chi connectivity index (χ4v) is 2.29. The zero-order valence-corrected chi connectivity index (χ0v) is 9.61. The predicted molar refractivity (Wildman–Crippen MR) is 62.3 cm³/mol. The largest absolute Gasteiger partial charge is 0.207 e. The minimum Gasteiger partial charge on any atom is -0.207 e. The maximum Gasteiger partial charge on any atom is 0.127 e. The van der Waals surface area contributed by atoms with E-state index in [1.165, 1.54) is 23.9 Å². The summed E-state index contributed by atoms with van der Waals surface area (Å²) in [5, 5.41) is 0. The first-order valence-electron chi connectivity index (χ1n) is 4.97. The molecule has 0 atom stereocenters. The van der Waals surface area contributed by atoms with Gasteiger partial charge in [0.25, 0.3) is 0 Å².